The van der Waals surface area contributed by atoms with Crippen molar-refractivity contribution in [1.29, 1.82) is 0 Å². The van der Waals surface area contributed by atoms with Crippen molar-refractivity contribution >= 4 is 23.7 Å². The first-order chi connectivity index (χ1) is 7.09. The number of nitrogens with zero attached hydrogens (tertiary/aromatic N) is 2. The normalized spacial score (nSPS) is 11.8. The summed E-state index contributed by atoms with van der Waals surface area (Å²) in [7, 11) is 0. The van der Waals surface area contributed by atoms with E-state index in [2.05, 4.69) is 9.97 Å². The molecule has 0 radical (unpaired) electrons. The summed E-state index contributed by atoms with van der Waals surface area (Å²) in [6.07, 6.45) is 3.15. The number of thioether (sulfide) groups is 1. The number of primary amides is 1. The molecule has 6 nitrogen and oxygen atoms in total. The lowest BCUT2D eigenvalue weighted by Gasteiger charge is -2.07. The molecule has 0 aromatic carbocycles. The fourth-order valence-electron chi connectivity index (χ4n) is 0.781. The molecule has 80 valence electrons. The van der Waals surface area contributed by atoms with E-state index in [0.29, 0.717) is 5.16 Å². The highest BCUT2D eigenvalue weighted by atomic mass is 32.2. The second-order valence-corrected chi connectivity index (χ2v) is 3.95. The maximum atomic E-state index is 11.3. The van der Waals surface area contributed by atoms with Gasteiger partial charge in [0.15, 0.2) is 5.16 Å². The molecule has 0 aliphatic rings. The van der Waals surface area contributed by atoms with Crippen LogP contribution in [0.4, 0.5) is 4.79 Å². The topological polar surface area (TPSA) is 98.0 Å². The molecule has 15 heavy (non-hydrogen) atoms. The molecule has 1 heterocycles. The predicted octanol–water partition coefficient (Wildman–Crippen LogP) is 0.152. The number of rotatable bonds is 3. The molecule has 1 atom stereocenters. The van der Waals surface area contributed by atoms with E-state index in [4.69, 9.17) is 5.73 Å². The smallest absolute Gasteiger partial charge is 0.318 e. The highest BCUT2D eigenvalue weighted by molar-refractivity contribution is 8.00. The zero-order valence-electron chi connectivity index (χ0n) is 8.01. The van der Waals surface area contributed by atoms with E-state index in [1.807, 2.05) is 5.32 Å². The molecule has 0 saturated heterocycles. The summed E-state index contributed by atoms with van der Waals surface area (Å²) in [5.74, 6) is -0.458. The molecule has 3 N–H and O–H groups in total. The van der Waals surface area contributed by atoms with Crippen molar-refractivity contribution in [2.75, 3.05) is 0 Å². The van der Waals surface area contributed by atoms with Crippen LogP contribution < -0.4 is 11.1 Å². The van der Waals surface area contributed by atoms with Gasteiger partial charge in [0.25, 0.3) is 0 Å². The zero-order valence-corrected chi connectivity index (χ0v) is 8.82. The lowest BCUT2D eigenvalue weighted by Crippen LogP contribution is -2.39. The van der Waals surface area contributed by atoms with Crippen LogP contribution in [-0.4, -0.2) is 27.2 Å². The van der Waals surface area contributed by atoms with Gasteiger partial charge in [-0.1, -0.05) is 11.8 Å². The number of carbonyl (C=O) groups excluding carboxylic acids is 2. The number of urea groups is 1. The number of nitrogens with one attached hydrogen (secondary N) is 1. The standard InChI is InChI=1S/C8H10N4O2S/c1-5(6(13)12-7(9)14)15-8-10-3-2-4-11-8/h2-5H,1H3,(H3,9,12,13,14). The van der Waals surface area contributed by atoms with Crippen molar-refractivity contribution < 1.29 is 9.59 Å². The first-order valence-electron chi connectivity index (χ1n) is 4.13. The predicted molar refractivity (Wildman–Crippen MR) is 55.1 cm³/mol. The van der Waals surface area contributed by atoms with Crippen LogP contribution in [0, 0.1) is 0 Å². The van der Waals surface area contributed by atoms with Gasteiger partial charge in [-0.2, -0.15) is 0 Å². The first kappa shape index (κ1) is 11.4. The van der Waals surface area contributed by atoms with Crippen LogP contribution >= 0.6 is 11.8 Å². The number of hydrogen-bond donors (Lipinski definition) is 2. The molecule has 0 aliphatic heterocycles. The minimum absolute atomic E-state index is 0.458. The summed E-state index contributed by atoms with van der Waals surface area (Å²) in [6, 6.07) is 0.819. The van der Waals surface area contributed by atoms with Crippen LogP contribution in [0.5, 0.6) is 0 Å². The van der Waals surface area contributed by atoms with Crippen molar-refractivity contribution in [3.8, 4) is 0 Å². The average molecular weight is 226 g/mol. The van der Waals surface area contributed by atoms with Crippen molar-refractivity contribution in [1.82, 2.24) is 15.3 Å². The first-order valence-corrected chi connectivity index (χ1v) is 5.01. The average Bonchev–Trinajstić information content (AvgIpc) is 2.18. The Labute approximate surface area is 90.7 Å². The Hall–Kier alpha value is -1.63. The van der Waals surface area contributed by atoms with Gasteiger partial charge in [0.1, 0.15) is 0 Å². The Morgan fingerprint density at radius 3 is 2.60 bits per heavy atom. The maximum absolute atomic E-state index is 11.3. The number of amides is 3. The van der Waals surface area contributed by atoms with Crippen molar-refractivity contribution in [3.05, 3.63) is 18.5 Å². The molecule has 7 heteroatoms. The molecule has 1 unspecified atom stereocenters. The van der Waals surface area contributed by atoms with Crippen LogP contribution in [0.2, 0.25) is 0 Å². The fourth-order valence-corrected chi connectivity index (χ4v) is 1.51. The molecular formula is C8H10N4O2S. The summed E-state index contributed by atoms with van der Waals surface area (Å²) in [6.45, 7) is 1.64. The van der Waals surface area contributed by atoms with Gasteiger partial charge in [0, 0.05) is 12.4 Å². The zero-order chi connectivity index (χ0) is 11.3. The minimum Gasteiger partial charge on any atom is -0.351 e. The van der Waals surface area contributed by atoms with Crippen LogP contribution in [0.3, 0.4) is 0 Å². The Kier molecular flexibility index (Phi) is 4.04. The molecule has 1 rings (SSSR count). The SMILES string of the molecule is CC(Sc1ncccn1)C(=O)NC(N)=O. The van der Waals surface area contributed by atoms with Crippen LogP contribution in [0.25, 0.3) is 0 Å². The third-order valence-electron chi connectivity index (χ3n) is 1.44. The van der Waals surface area contributed by atoms with E-state index >= 15 is 0 Å². The third kappa shape index (κ3) is 3.94. The van der Waals surface area contributed by atoms with Crippen molar-refractivity contribution in [3.63, 3.8) is 0 Å². The number of imide groups is 1. The van der Waals surface area contributed by atoms with Crippen LogP contribution in [-0.2, 0) is 4.79 Å². The highest BCUT2D eigenvalue weighted by Gasteiger charge is 2.16. The van der Waals surface area contributed by atoms with Crippen molar-refractivity contribution in [2.45, 2.75) is 17.3 Å². The monoisotopic (exact) mass is 226 g/mol. The Morgan fingerprint density at radius 1 is 1.47 bits per heavy atom. The number of aromatic nitrogens is 2. The molecule has 1 aromatic heterocycles. The quantitative estimate of drug-likeness (QED) is 0.564. The van der Waals surface area contributed by atoms with Crippen LogP contribution in [0.1, 0.15) is 6.92 Å². The van der Waals surface area contributed by atoms with Gasteiger partial charge in [-0.25, -0.2) is 14.8 Å². The van der Waals surface area contributed by atoms with E-state index in [-0.39, 0.29) is 0 Å². The fraction of sp³-hybridized carbons (Fsp3) is 0.250. The summed E-state index contributed by atoms with van der Waals surface area (Å²) in [5, 5.41) is 1.99. The van der Waals surface area contributed by atoms with Gasteiger partial charge in [-0.05, 0) is 13.0 Å². The molecule has 0 aliphatic carbocycles. The van der Waals surface area contributed by atoms with Gasteiger partial charge in [-0.15, -0.1) is 0 Å². The maximum Gasteiger partial charge on any atom is 0.318 e. The van der Waals surface area contributed by atoms with Gasteiger partial charge in [0.2, 0.25) is 5.91 Å². The van der Waals surface area contributed by atoms with E-state index in [9.17, 15) is 9.59 Å². The summed E-state index contributed by atoms with van der Waals surface area (Å²) < 4.78 is 0. The van der Waals surface area contributed by atoms with Gasteiger partial charge in [0.05, 0.1) is 5.25 Å². The Bertz CT molecular complexity index is 357. The van der Waals surface area contributed by atoms with Gasteiger partial charge in [-0.3, -0.25) is 10.1 Å². The molecule has 0 spiro atoms. The molecular weight excluding hydrogens is 216 g/mol. The summed E-state index contributed by atoms with van der Waals surface area (Å²) in [5.41, 5.74) is 4.81. The van der Waals surface area contributed by atoms with Crippen LogP contribution in [0.15, 0.2) is 23.6 Å². The molecule has 3 amide bonds. The lowest BCUT2D eigenvalue weighted by atomic mass is 10.4. The Balaban J connectivity index is 2.52. The Morgan fingerprint density at radius 2 is 2.07 bits per heavy atom. The minimum atomic E-state index is -0.860. The number of hydrogen-bond acceptors (Lipinski definition) is 5. The van der Waals surface area contributed by atoms with Crippen molar-refractivity contribution in [2.24, 2.45) is 5.73 Å². The second kappa shape index (κ2) is 5.30. The van der Waals surface area contributed by atoms with E-state index in [1.54, 1.807) is 25.4 Å². The number of carbonyl (C=O) groups is 2. The third-order valence-corrected chi connectivity index (χ3v) is 2.43. The molecule has 0 fully saturated rings. The molecule has 1 aromatic rings. The van der Waals surface area contributed by atoms with E-state index in [0.717, 1.165) is 11.8 Å². The van der Waals surface area contributed by atoms with E-state index in [1.165, 1.54) is 0 Å². The van der Waals surface area contributed by atoms with Gasteiger partial charge < -0.3 is 5.73 Å². The lowest BCUT2D eigenvalue weighted by molar-refractivity contribution is -0.119. The molecule has 0 saturated carbocycles. The summed E-state index contributed by atoms with van der Waals surface area (Å²) in [4.78, 5) is 29.6. The van der Waals surface area contributed by atoms with E-state index < -0.39 is 17.2 Å². The molecule has 0 bridgehead atoms. The summed E-state index contributed by atoms with van der Waals surface area (Å²) >= 11 is 1.15. The van der Waals surface area contributed by atoms with Gasteiger partial charge >= 0.3 is 6.03 Å². The largest absolute Gasteiger partial charge is 0.351 e. The highest BCUT2D eigenvalue weighted by Crippen LogP contribution is 2.17. The second-order valence-electron chi connectivity index (χ2n) is 2.64. The number of nitrogens with two attached hydrogens (primary N) is 1.